The summed E-state index contributed by atoms with van der Waals surface area (Å²) in [5.74, 6) is 0.356. The first-order chi connectivity index (χ1) is 8.74. The molecule has 0 unspecified atom stereocenters. The highest BCUT2D eigenvalue weighted by Crippen LogP contribution is 2.07. The second kappa shape index (κ2) is 8.78. The number of hydrogen-bond acceptors (Lipinski definition) is 4. The normalized spacial score (nSPS) is 11.3. The van der Waals surface area contributed by atoms with Gasteiger partial charge in [0.25, 0.3) is 0 Å². The lowest BCUT2D eigenvalue weighted by Gasteiger charge is -2.05. The molecule has 4 heteroatoms. The maximum Gasteiger partial charge on any atom is 0.333 e. The SMILES string of the molecule is CC(=Cc1ccccc1)C(=O)OCCOCCS. The first-order valence-electron chi connectivity index (χ1n) is 5.83. The Labute approximate surface area is 113 Å². The quantitative estimate of drug-likeness (QED) is 0.356. The van der Waals surface area contributed by atoms with Crippen LogP contribution in [0.3, 0.4) is 0 Å². The molecule has 0 heterocycles. The van der Waals surface area contributed by atoms with E-state index in [4.69, 9.17) is 9.47 Å². The molecule has 0 spiro atoms. The number of hydrogen-bond donors (Lipinski definition) is 1. The third kappa shape index (κ3) is 5.89. The summed E-state index contributed by atoms with van der Waals surface area (Å²) in [4.78, 5) is 11.6. The third-order valence-electron chi connectivity index (χ3n) is 2.20. The van der Waals surface area contributed by atoms with E-state index in [1.807, 2.05) is 30.3 Å². The number of thiol groups is 1. The minimum atomic E-state index is -0.312. The highest BCUT2D eigenvalue weighted by Gasteiger charge is 2.05. The minimum absolute atomic E-state index is 0.270. The van der Waals surface area contributed by atoms with E-state index in [-0.39, 0.29) is 12.6 Å². The minimum Gasteiger partial charge on any atom is -0.460 e. The maximum atomic E-state index is 11.6. The fourth-order valence-electron chi connectivity index (χ4n) is 1.33. The van der Waals surface area contributed by atoms with E-state index >= 15 is 0 Å². The zero-order valence-electron chi connectivity index (χ0n) is 10.5. The van der Waals surface area contributed by atoms with Crippen LogP contribution >= 0.6 is 12.6 Å². The first-order valence-corrected chi connectivity index (χ1v) is 6.46. The maximum absolute atomic E-state index is 11.6. The molecule has 1 rings (SSSR count). The van der Waals surface area contributed by atoms with Gasteiger partial charge in [0.05, 0.1) is 13.2 Å². The smallest absolute Gasteiger partial charge is 0.333 e. The van der Waals surface area contributed by atoms with E-state index in [0.717, 1.165) is 5.56 Å². The highest BCUT2D eigenvalue weighted by molar-refractivity contribution is 7.80. The Morgan fingerprint density at radius 2 is 1.94 bits per heavy atom. The third-order valence-corrected chi connectivity index (χ3v) is 2.38. The summed E-state index contributed by atoms with van der Waals surface area (Å²) >= 11 is 4.01. The zero-order chi connectivity index (χ0) is 13.2. The van der Waals surface area contributed by atoms with Gasteiger partial charge in [0.1, 0.15) is 6.61 Å². The molecular weight excluding hydrogens is 248 g/mol. The summed E-state index contributed by atoms with van der Waals surface area (Å²) in [6, 6.07) is 9.66. The van der Waals surface area contributed by atoms with E-state index in [2.05, 4.69) is 12.6 Å². The molecular formula is C14H18O3S. The summed E-state index contributed by atoms with van der Waals surface area (Å²) in [6.45, 7) is 2.99. The van der Waals surface area contributed by atoms with Gasteiger partial charge in [-0.05, 0) is 18.6 Å². The topological polar surface area (TPSA) is 35.5 Å². The summed E-state index contributed by atoms with van der Waals surface area (Å²) < 4.78 is 10.2. The largest absolute Gasteiger partial charge is 0.460 e. The first kappa shape index (κ1) is 14.8. The van der Waals surface area contributed by atoms with Crippen molar-refractivity contribution in [3.05, 3.63) is 41.5 Å². The molecule has 0 radical (unpaired) electrons. The second-order valence-corrected chi connectivity index (χ2v) is 4.16. The van der Waals surface area contributed by atoms with Gasteiger partial charge in [-0.3, -0.25) is 0 Å². The van der Waals surface area contributed by atoms with Gasteiger partial charge in [-0.1, -0.05) is 30.3 Å². The van der Waals surface area contributed by atoms with E-state index < -0.39 is 0 Å². The average Bonchev–Trinajstić information content (AvgIpc) is 2.39. The van der Waals surface area contributed by atoms with Crippen molar-refractivity contribution >= 4 is 24.7 Å². The van der Waals surface area contributed by atoms with Crippen molar-refractivity contribution in [3.8, 4) is 0 Å². The predicted molar refractivity (Wildman–Crippen MR) is 75.7 cm³/mol. The molecule has 3 nitrogen and oxygen atoms in total. The van der Waals surface area contributed by atoms with Gasteiger partial charge >= 0.3 is 5.97 Å². The predicted octanol–water partition coefficient (Wildman–Crippen LogP) is 2.58. The van der Waals surface area contributed by atoms with Crippen molar-refractivity contribution in [3.63, 3.8) is 0 Å². The number of carbonyl (C=O) groups excluding carboxylic acids is 1. The van der Waals surface area contributed by atoms with Crippen LogP contribution in [0.2, 0.25) is 0 Å². The van der Waals surface area contributed by atoms with Crippen LogP contribution in [0.4, 0.5) is 0 Å². The highest BCUT2D eigenvalue weighted by atomic mass is 32.1. The van der Waals surface area contributed by atoms with Gasteiger partial charge in [0.15, 0.2) is 0 Å². The molecule has 0 aromatic heterocycles. The molecule has 0 aliphatic heterocycles. The van der Waals surface area contributed by atoms with Crippen molar-refractivity contribution in [2.24, 2.45) is 0 Å². The second-order valence-electron chi connectivity index (χ2n) is 3.71. The molecule has 18 heavy (non-hydrogen) atoms. The van der Waals surface area contributed by atoms with Crippen LogP contribution in [0.5, 0.6) is 0 Å². The molecule has 0 aliphatic rings. The van der Waals surface area contributed by atoms with Crippen LogP contribution < -0.4 is 0 Å². The standard InChI is InChI=1S/C14H18O3S/c1-12(11-13-5-3-2-4-6-13)14(15)17-8-7-16-9-10-18/h2-6,11,18H,7-10H2,1H3. The molecule has 0 amide bonds. The molecule has 1 aromatic rings. The van der Waals surface area contributed by atoms with Crippen LogP contribution in [-0.2, 0) is 14.3 Å². The van der Waals surface area contributed by atoms with Gasteiger partial charge in [-0.2, -0.15) is 12.6 Å². The number of benzene rings is 1. The Kier molecular flexibility index (Phi) is 7.22. The molecule has 0 fully saturated rings. The fraction of sp³-hybridized carbons (Fsp3) is 0.357. The van der Waals surface area contributed by atoms with Gasteiger partial charge in [0.2, 0.25) is 0 Å². The zero-order valence-corrected chi connectivity index (χ0v) is 11.4. The van der Waals surface area contributed by atoms with Crippen molar-refractivity contribution in [2.75, 3.05) is 25.6 Å². The summed E-state index contributed by atoms with van der Waals surface area (Å²) in [5, 5.41) is 0. The van der Waals surface area contributed by atoms with Crippen LogP contribution in [0.15, 0.2) is 35.9 Å². The molecule has 0 saturated carbocycles. The molecule has 1 aromatic carbocycles. The van der Waals surface area contributed by atoms with Gasteiger partial charge < -0.3 is 9.47 Å². The van der Waals surface area contributed by atoms with Crippen molar-refractivity contribution in [1.82, 2.24) is 0 Å². The monoisotopic (exact) mass is 266 g/mol. The molecule has 0 atom stereocenters. The van der Waals surface area contributed by atoms with E-state index in [1.54, 1.807) is 13.0 Å². The Bertz CT molecular complexity index is 387. The van der Waals surface area contributed by atoms with E-state index in [9.17, 15) is 4.79 Å². The van der Waals surface area contributed by atoms with E-state index in [1.165, 1.54) is 0 Å². The lowest BCUT2D eigenvalue weighted by atomic mass is 10.1. The van der Waals surface area contributed by atoms with Crippen LogP contribution in [0.25, 0.3) is 6.08 Å². The Hall–Kier alpha value is -1.26. The summed E-state index contributed by atoms with van der Waals surface area (Å²) in [5.41, 5.74) is 1.56. The van der Waals surface area contributed by atoms with Gasteiger partial charge in [-0.25, -0.2) is 4.79 Å². The Balaban J connectivity index is 2.35. The number of rotatable bonds is 7. The Morgan fingerprint density at radius 1 is 1.22 bits per heavy atom. The van der Waals surface area contributed by atoms with Crippen molar-refractivity contribution in [1.29, 1.82) is 0 Å². The molecule has 0 aliphatic carbocycles. The van der Waals surface area contributed by atoms with Crippen molar-refractivity contribution in [2.45, 2.75) is 6.92 Å². The average molecular weight is 266 g/mol. The van der Waals surface area contributed by atoms with Crippen LogP contribution in [-0.4, -0.2) is 31.5 Å². The lowest BCUT2D eigenvalue weighted by molar-refractivity contribution is -0.140. The van der Waals surface area contributed by atoms with Crippen LogP contribution in [0.1, 0.15) is 12.5 Å². The van der Waals surface area contributed by atoms with E-state index in [0.29, 0.717) is 24.5 Å². The fourth-order valence-corrected chi connectivity index (χ4v) is 1.46. The molecule has 0 N–H and O–H groups in total. The van der Waals surface area contributed by atoms with Crippen LogP contribution in [0, 0.1) is 0 Å². The molecule has 0 bridgehead atoms. The van der Waals surface area contributed by atoms with Crippen molar-refractivity contribution < 1.29 is 14.3 Å². The van der Waals surface area contributed by atoms with Gasteiger partial charge in [0, 0.05) is 11.3 Å². The number of carbonyl (C=O) groups is 1. The summed E-state index contributed by atoms with van der Waals surface area (Å²) in [7, 11) is 0. The lowest BCUT2D eigenvalue weighted by Crippen LogP contribution is -2.12. The van der Waals surface area contributed by atoms with Gasteiger partial charge in [-0.15, -0.1) is 0 Å². The summed E-state index contributed by atoms with van der Waals surface area (Å²) in [6.07, 6.45) is 1.80. The number of ether oxygens (including phenoxy) is 2. The molecule has 98 valence electrons. The number of esters is 1. The Morgan fingerprint density at radius 3 is 2.61 bits per heavy atom. The molecule has 0 saturated heterocycles.